The van der Waals surface area contributed by atoms with Gasteiger partial charge in [-0.15, -0.1) is 0 Å². The van der Waals surface area contributed by atoms with Gasteiger partial charge in [-0.25, -0.2) is 0 Å². The Balaban J connectivity index is 2.93. The first-order valence-corrected chi connectivity index (χ1v) is 6.67. The second-order valence-corrected chi connectivity index (χ2v) is 5.77. The summed E-state index contributed by atoms with van der Waals surface area (Å²) in [5.74, 6) is 0. The van der Waals surface area contributed by atoms with Crippen molar-refractivity contribution < 1.29 is 18.4 Å². The standard InChI is InChI=1S/C10H15BFO3Se/c1-13-11(14-2,15-3)16-10-7-5-4-6-9(10)8-12/h4-7H,8H2,1-3H3/q-1. The summed E-state index contributed by atoms with van der Waals surface area (Å²) in [5.41, 5.74) is -1.10. The van der Waals surface area contributed by atoms with Gasteiger partial charge in [-0.1, -0.05) is 0 Å². The molecule has 0 N–H and O–H groups in total. The van der Waals surface area contributed by atoms with Crippen molar-refractivity contribution in [3.05, 3.63) is 29.8 Å². The summed E-state index contributed by atoms with van der Waals surface area (Å²) >= 11 is -0.221. The Morgan fingerprint density at radius 2 is 1.69 bits per heavy atom. The normalized spacial score (nSPS) is 11.8. The molecule has 0 heterocycles. The molecule has 0 aliphatic rings. The van der Waals surface area contributed by atoms with Gasteiger partial charge in [0, 0.05) is 0 Å². The topological polar surface area (TPSA) is 27.7 Å². The summed E-state index contributed by atoms with van der Waals surface area (Å²) in [7, 11) is 4.60. The quantitative estimate of drug-likeness (QED) is 0.728. The molecule has 1 rings (SSSR count). The number of alkyl halides is 1. The van der Waals surface area contributed by atoms with Gasteiger partial charge in [-0.2, -0.15) is 0 Å². The number of hydrogen-bond acceptors (Lipinski definition) is 3. The maximum absolute atomic E-state index is 12.8. The van der Waals surface area contributed by atoms with E-state index in [9.17, 15) is 4.39 Å². The maximum atomic E-state index is 12.8. The fourth-order valence-electron chi connectivity index (χ4n) is 1.32. The third-order valence-corrected chi connectivity index (χ3v) is 5.44. The van der Waals surface area contributed by atoms with Gasteiger partial charge < -0.3 is 0 Å². The van der Waals surface area contributed by atoms with E-state index in [1.54, 1.807) is 6.07 Å². The number of rotatable bonds is 6. The zero-order valence-corrected chi connectivity index (χ0v) is 11.3. The third kappa shape index (κ3) is 3.06. The van der Waals surface area contributed by atoms with E-state index >= 15 is 0 Å². The van der Waals surface area contributed by atoms with E-state index in [0.717, 1.165) is 4.46 Å². The second kappa shape index (κ2) is 6.37. The molecule has 0 radical (unpaired) electrons. The summed E-state index contributed by atoms with van der Waals surface area (Å²) < 4.78 is 29.5. The van der Waals surface area contributed by atoms with E-state index in [1.807, 2.05) is 18.2 Å². The van der Waals surface area contributed by atoms with Crippen molar-refractivity contribution >= 4 is 24.8 Å². The fourth-order valence-corrected chi connectivity index (χ4v) is 3.48. The van der Waals surface area contributed by atoms with Gasteiger partial charge in [0.2, 0.25) is 0 Å². The molecular weight excluding hydrogens is 277 g/mol. The summed E-state index contributed by atoms with van der Waals surface area (Å²) in [6, 6.07) is 7.33. The SMILES string of the molecule is CO[B-](OC)(OC)[Se]c1ccccc1CF. The van der Waals surface area contributed by atoms with Crippen LogP contribution in [0.15, 0.2) is 24.3 Å². The van der Waals surface area contributed by atoms with Gasteiger partial charge in [0.1, 0.15) is 0 Å². The average Bonchev–Trinajstić information content (AvgIpc) is 2.36. The van der Waals surface area contributed by atoms with Crippen LogP contribution in [0.2, 0.25) is 0 Å². The van der Waals surface area contributed by atoms with E-state index in [0.29, 0.717) is 5.56 Å². The molecule has 0 spiro atoms. The molecule has 0 aromatic heterocycles. The van der Waals surface area contributed by atoms with Gasteiger partial charge in [0.15, 0.2) is 0 Å². The van der Waals surface area contributed by atoms with Gasteiger partial charge in [-0.3, -0.25) is 0 Å². The van der Waals surface area contributed by atoms with E-state index < -0.39 is 12.2 Å². The summed E-state index contributed by atoms with van der Waals surface area (Å²) in [6.45, 7) is -0.485. The Labute approximate surface area is 101 Å². The molecule has 6 heteroatoms. The van der Waals surface area contributed by atoms with Crippen LogP contribution < -0.4 is 4.46 Å². The molecular formula is C10H15BFO3Se-. The Morgan fingerprint density at radius 3 is 2.19 bits per heavy atom. The first-order valence-electron chi connectivity index (χ1n) is 4.82. The fraction of sp³-hybridized carbons (Fsp3) is 0.400. The molecule has 0 unspecified atom stereocenters. The van der Waals surface area contributed by atoms with Gasteiger partial charge >= 0.3 is 101 Å². The molecule has 0 bridgehead atoms. The van der Waals surface area contributed by atoms with Crippen molar-refractivity contribution in [3.8, 4) is 0 Å². The Bertz CT molecular complexity index is 325. The van der Waals surface area contributed by atoms with Crippen LogP contribution >= 0.6 is 0 Å². The van der Waals surface area contributed by atoms with Crippen molar-refractivity contribution in [1.82, 2.24) is 0 Å². The van der Waals surface area contributed by atoms with E-state index in [-0.39, 0.29) is 14.8 Å². The average molecular weight is 292 g/mol. The van der Waals surface area contributed by atoms with Crippen molar-refractivity contribution in [2.45, 2.75) is 6.67 Å². The molecule has 0 aliphatic carbocycles. The molecule has 0 atom stereocenters. The molecule has 0 amide bonds. The van der Waals surface area contributed by atoms with Crippen LogP contribution in [0.25, 0.3) is 0 Å². The Morgan fingerprint density at radius 1 is 1.12 bits per heavy atom. The first kappa shape index (κ1) is 13.7. The van der Waals surface area contributed by atoms with Crippen molar-refractivity contribution in [1.29, 1.82) is 0 Å². The first-order chi connectivity index (χ1) is 7.71. The number of benzene rings is 1. The molecule has 3 nitrogen and oxygen atoms in total. The van der Waals surface area contributed by atoms with Crippen molar-refractivity contribution in [2.24, 2.45) is 0 Å². The van der Waals surface area contributed by atoms with Crippen LogP contribution in [0, 0.1) is 0 Å². The van der Waals surface area contributed by atoms with Crippen LogP contribution in [0.5, 0.6) is 0 Å². The second-order valence-electron chi connectivity index (χ2n) is 3.14. The monoisotopic (exact) mass is 293 g/mol. The molecule has 16 heavy (non-hydrogen) atoms. The van der Waals surface area contributed by atoms with Crippen LogP contribution in [0.1, 0.15) is 5.56 Å². The zero-order chi connectivity index (χ0) is 12.0. The molecule has 0 fully saturated rings. The van der Waals surface area contributed by atoms with Crippen LogP contribution in [-0.4, -0.2) is 41.7 Å². The number of hydrogen-bond donors (Lipinski definition) is 0. The van der Waals surface area contributed by atoms with Crippen LogP contribution in [-0.2, 0) is 20.6 Å². The van der Waals surface area contributed by atoms with E-state index in [2.05, 4.69) is 0 Å². The predicted molar refractivity (Wildman–Crippen MR) is 63.4 cm³/mol. The number of halogens is 1. The predicted octanol–water partition coefficient (Wildman–Crippen LogP) is 0.860. The molecule has 0 saturated carbocycles. The molecule has 0 aliphatic heterocycles. The minimum atomic E-state index is -1.77. The summed E-state index contributed by atoms with van der Waals surface area (Å²) in [5, 5.41) is 0. The van der Waals surface area contributed by atoms with Gasteiger partial charge in [0.25, 0.3) is 0 Å². The van der Waals surface area contributed by atoms with Crippen molar-refractivity contribution in [2.75, 3.05) is 21.3 Å². The summed E-state index contributed by atoms with van der Waals surface area (Å²) in [6.07, 6.45) is 0. The third-order valence-electron chi connectivity index (χ3n) is 2.25. The minimum absolute atomic E-state index is 0.221. The van der Waals surface area contributed by atoms with E-state index in [1.165, 1.54) is 21.3 Å². The van der Waals surface area contributed by atoms with Crippen LogP contribution in [0.3, 0.4) is 0 Å². The van der Waals surface area contributed by atoms with Crippen molar-refractivity contribution in [3.63, 3.8) is 0 Å². The summed E-state index contributed by atoms with van der Waals surface area (Å²) in [4.78, 5) is 0. The molecule has 90 valence electrons. The Kier molecular flexibility index (Phi) is 5.45. The molecule has 1 aromatic rings. The van der Waals surface area contributed by atoms with Gasteiger partial charge in [0.05, 0.1) is 0 Å². The van der Waals surface area contributed by atoms with Gasteiger partial charge in [-0.05, 0) is 0 Å². The molecule has 0 saturated heterocycles. The van der Waals surface area contributed by atoms with Crippen LogP contribution in [0.4, 0.5) is 4.39 Å². The Hall–Kier alpha value is -0.386. The zero-order valence-electron chi connectivity index (χ0n) is 9.60. The molecule has 1 aromatic carbocycles. The van der Waals surface area contributed by atoms with E-state index in [4.69, 9.17) is 14.0 Å².